The summed E-state index contributed by atoms with van der Waals surface area (Å²) in [6, 6.07) is 20.8. The normalized spacial score (nSPS) is 11.5. The van der Waals surface area contributed by atoms with Gasteiger partial charge in [0.25, 0.3) is 0 Å². The summed E-state index contributed by atoms with van der Waals surface area (Å²) in [5.41, 5.74) is 2.01. The summed E-state index contributed by atoms with van der Waals surface area (Å²) < 4.78 is 5.63. The van der Waals surface area contributed by atoms with E-state index in [1.165, 1.54) is 5.56 Å². The van der Waals surface area contributed by atoms with Crippen molar-refractivity contribution < 1.29 is 9.53 Å². The Bertz CT molecular complexity index is 726. The van der Waals surface area contributed by atoms with E-state index in [-0.39, 0.29) is 6.09 Å². The molecule has 164 valence electrons. The topological polar surface area (TPSA) is 32.8 Å². The minimum atomic E-state index is -0.481. The molecule has 0 spiro atoms. The summed E-state index contributed by atoms with van der Waals surface area (Å²) in [4.78, 5) is 17.0. The molecule has 0 heterocycles. The molecule has 0 saturated heterocycles. The fourth-order valence-corrected chi connectivity index (χ4v) is 3.37. The maximum atomic E-state index is 12.7. The minimum absolute atomic E-state index is 0.231. The first kappa shape index (κ1) is 23.9. The van der Waals surface area contributed by atoms with Crippen molar-refractivity contribution >= 4 is 6.09 Å². The van der Waals surface area contributed by atoms with E-state index < -0.39 is 5.60 Å². The zero-order valence-electron chi connectivity index (χ0n) is 19.1. The maximum absolute atomic E-state index is 12.7. The molecule has 4 nitrogen and oxygen atoms in total. The van der Waals surface area contributed by atoms with Gasteiger partial charge in [-0.2, -0.15) is 0 Å². The van der Waals surface area contributed by atoms with Crippen LogP contribution in [-0.2, 0) is 17.8 Å². The molecule has 2 aromatic carbocycles. The van der Waals surface area contributed by atoms with E-state index in [0.717, 1.165) is 44.5 Å². The number of carbonyl (C=O) groups is 1. The Morgan fingerprint density at radius 1 is 0.800 bits per heavy atom. The highest BCUT2D eigenvalue weighted by Gasteiger charge is 2.22. The number of unbranched alkanes of at least 4 members (excludes halogenated alkanes) is 2. The van der Waals surface area contributed by atoms with Crippen molar-refractivity contribution in [2.75, 3.05) is 19.6 Å². The van der Waals surface area contributed by atoms with Crippen LogP contribution in [0.15, 0.2) is 60.7 Å². The van der Waals surface area contributed by atoms with Crippen LogP contribution < -0.4 is 0 Å². The number of carbonyl (C=O) groups excluding carboxylic acids is 1. The molecule has 0 aliphatic heterocycles. The summed E-state index contributed by atoms with van der Waals surface area (Å²) in [5, 5.41) is 0. The second kappa shape index (κ2) is 12.4. The highest BCUT2D eigenvalue weighted by atomic mass is 16.6. The highest BCUT2D eigenvalue weighted by Crippen LogP contribution is 2.14. The Labute approximate surface area is 182 Å². The van der Waals surface area contributed by atoms with Crippen molar-refractivity contribution in [1.82, 2.24) is 9.80 Å². The number of benzene rings is 2. The third-order valence-electron chi connectivity index (χ3n) is 4.97. The molecule has 0 aliphatic carbocycles. The van der Waals surface area contributed by atoms with Gasteiger partial charge >= 0.3 is 6.09 Å². The molecule has 0 N–H and O–H groups in total. The molecule has 30 heavy (non-hydrogen) atoms. The van der Waals surface area contributed by atoms with E-state index in [4.69, 9.17) is 4.74 Å². The molecule has 2 rings (SSSR count). The summed E-state index contributed by atoms with van der Waals surface area (Å²) in [6.07, 6.45) is 2.98. The third-order valence-corrected chi connectivity index (χ3v) is 4.97. The van der Waals surface area contributed by atoms with Gasteiger partial charge in [-0.15, -0.1) is 0 Å². The van der Waals surface area contributed by atoms with Crippen molar-refractivity contribution in [3.8, 4) is 0 Å². The number of hydrogen-bond donors (Lipinski definition) is 0. The van der Waals surface area contributed by atoms with E-state index in [1.54, 1.807) is 0 Å². The Balaban J connectivity index is 1.80. The third kappa shape index (κ3) is 9.45. The summed E-state index contributed by atoms with van der Waals surface area (Å²) in [6.45, 7) is 12.4. The lowest BCUT2D eigenvalue weighted by atomic mass is 10.1. The number of ether oxygens (including phenoxy) is 1. The van der Waals surface area contributed by atoms with Crippen molar-refractivity contribution in [3.05, 3.63) is 71.8 Å². The maximum Gasteiger partial charge on any atom is 0.410 e. The van der Waals surface area contributed by atoms with Gasteiger partial charge in [0.15, 0.2) is 0 Å². The van der Waals surface area contributed by atoms with Gasteiger partial charge < -0.3 is 9.64 Å². The van der Waals surface area contributed by atoms with Crippen molar-refractivity contribution in [2.45, 2.75) is 65.6 Å². The molecular formula is C26H38N2O2. The fourth-order valence-electron chi connectivity index (χ4n) is 3.37. The van der Waals surface area contributed by atoms with Crippen LogP contribution in [0.5, 0.6) is 0 Å². The van der Waals surface area contributed by atoms with E-state index in [2.05, 4.69) is 54.3 Å². The Kier molecular flexibility index (Phi) is 9.88. The highest BCUT2D eigenvalue weighted by molar-refractivity contribution is 5.68. The average Bonchev–Trinajstić information content (AvgIpc) is 2.72. The number of hydrogen-bond acceptors (Lipinski definition) is 3. The van der Waals surface area contributed by atoms with Crippen LogP contribution in [0.2, 0.25) is 0 Å². The Morgan fingerprint density at radius 3 is 1.87 bits per heavy atom. The molecule has 1 amide bonds. The summed E-state index contributed by atoms with van der Waals surface area (Å²) in [5.74, 6) is 0. The largest absolute Gasteiger partial charge is 0.444 e. The van der Waals surface area contributed by atoms with Gasteiger partial charge in [-0.05, 0) is 57.8 Å². The number of amides is 1. The summed E-state index contributed by atoms with van der Waals surface area (Å²) >= 11 is 0. The van der Waals surface area contributed by atoms with Crippen LogP contribution in [-0.4, -0.2) is 41.1 Å². The molecular weight excluding hydrogens is 372 g/mol. The Morgan fingerprint density at radius 2 is 1.33 bits per heavy atom. The molecule has 0 fully saturated rings. The quantitative estimate of drug-likeness (QED) is 0.419. The molecule has 0 unspecified atom stereocenters. The van der Waals surface area contributed by atoms with Gasteiger partial charge in [-0.3, -0.25) is 4.90 Å². The average molecular weight is 411 g/mol. The second-order valence-corrected chi connectivity index (χ2v) is 8.80. The fraction of sp³-hybridized carbons (Fsp3) is 0.500. The molecule has 0 bridgehead atoms. The Hall–Kier alpha value is -2.33. The van der Waals surface area contributed by atoms with Crippen LogP contribution >= 0.6 is 0 Å². The lowest BCUT2D eigenvalue weighted by Gasteiger charge is -2.27. The van der Waals surface area contributed by atoms with Crippen LogP contribution in [0.25, 0.3) is 0 Å². The second-order valence-electron chi connectivity index (χ2n) is 8.80. The number of rotatable bonds is 11. The molecule has 4 heteroatoms. The van der Waals surface area contributed by atoms with Crippen molar-refractivity contribution in [1.29, 1.82) is 0 Å². The lowest BCUT2D eigenvalue weighted by Crippen LogP contribution is -2.37. The smallest absolute Gasteiger partial charge is 0.410 e. The van der Waals surface area contributed by atoms with E-state index in [9.17, 15) is 4.79 Å². The van der Waals surface area contributed by atoms with E-state index >= 15 is 0 Å². The van der Waals surface area contributed by atoms with Gasteiger partial charge in [0.2, 0.25) is 0 Å². The summed E-state index contributed by atoms with van der Waals surface area (Å²) in [7, 11) is 0. The molecule has 0 radical (unpaired) electrons. The minimum Gasteiger partial charge on any atom is -0.444 e. The molecule has 2 aromatic rings. The van der Waals surface area contributed by atoms with Gasteiger partial charge in [0.05, 0.1) is 0 Å². The first-order valence-electron chi connectivity index (χ1n) is 11.2. The van der Waals surface area contributed by atoms with Crippen LogP contribution in [0.4, 0.5) is 4.79 Å². The molecule has 0 aromatic heterocycles. The van der Waals surface area contributed by atoms with Crippen LogP contribution in [0.1, 0.15) is 58.1 Å². The lowest BCUT2D eigenvalue weighted by molar-refractivity contribution is 0.0230. The zero-order chi connectivity index (χ0) is 21.8. The zero-order valence-corrected chi connectivity index (χ0v) is 19.1. The first-order chi connectivity index (χ1) is 14.4. The number of nitrogens with zero attached hydrogens (tertiary/aromatic N) is 2. The van der Waals surface area contributed by atoms with Gasteiger partial charge in [0, 0.05) is 19.6 Å². The van der Waals surface area contributed by atoms with E-state index in [1.807, 2.05) is 43.9 Å². The molecule has 0 saturated carbocycles. The van der Waals surface area contributed by atoms with E-state index in [0.29, 0.717) is 13.1 Å². The predicted molar refractivity (Wildman–Crippen MR) is 124 cm³/mol. The van der Waals surface area contributed by atoms with Crippen molar-refractivity contribution in [2.24, 2.45) is 0 Å². The van der Waals surface area contributed by atoms with Gasteiger partial charge in [-0.1, -0.05) is 74.0 Å². The standard InChI is InChI=1S/C26H38N2O2/c1-5-27(21-23-15-9-6-10-16-23)19-13-8-14-20-28(25(29)30-26(2,3)4)22-24-17-11-7-12-18-24/h6-7,9-12,15-18H,5,8,13-14,19-22H2,1-4H3. The monoisotopic (exact) mass is 410 g/mol. The first-order valence-corrected chi connectivity index (χ1v) is 11.2. The predicted octanol–water partition coefficient (Wildman–Crippen LogP) is 6.12. The van der Waals surface area contributed by atoms with Gasteiger partial charge in [0.1, 0.15) is 5.60 Å². The molecule has 0 aliphatic rings. The van der Waals surface area contributed by atoms with Crippen LogP contribution in [0, 0.1) is 0 Å². The van der Waals surface area contributed by atoms with Crippen LogP contribution in [0.3, 0.4) is 0 Å². The van der Waals surface area contributed by atoms with Crippen molar-refractivity contribution in [3.63, 3.8) is 0 Å². The molecule has 0 atom stereocenters. The van der Waals surface area contributed by atoms with Gasteiger partial charge in [-0.25, -0.2) is 4.79 Å². The SMILES string of the molecule is CCN(CCCCCN(Cc1ccccc1)C(=O)OC(C)(C)C)Cc1ccccc1.